The van der Waals surface area contributed by atoms with Crippen LogP contribution in [0.2, 0.25) is 0 Å². The van der Waals surface area contributed by atoms with Gasteiger partial charge in [-0.05, 0) is 25.7 Å². The number of piperidine rings is 1. The third-order valence-electron chi connectivity index (χ3n) is 6.37. The number of hydrogen-bond acceptors (Lipinski definition) is 4. The van der Waals surface area contributed by atoms with Crippen LogP contribution in [-0.4, -0.2) is 76.1 Å². The molecule has 3 rings (SSSR count). The molecular weight excluding hydrogens is 443 g/mol. The van der Waals surface area contributed by atoms with Gasteiger partial charge in [0.1, 0.15) is 0 Å². The molecule has 7 heteroatoms. The second kappa shape index (κ2) is 9.89. The third kappa shape index (κ3) is 4.83. The molecule has 0 aromatic rings. The van der Waals surface area contributed by atoms with Gasteiger partial charge in [0.25, 0.3) is 0 Å². The number of likely N-dealkylation sites (tertiary alicyclic amines) is 1. The van der Waals surface area contributed by atoms with E-state index >= 15 is 0 Å². The summed E-state index contributed by atoms with van der Waals surface area (Å²) < 4.78 is 11.0. The molecule has 2 heterocycles. The lowest BCUT2D eigenvalue weighted by Crippen LogP contribution is -2.68. The zero-order chi connectivity index (χ0) is 17.9. The number of aliphatic imine (C=N–C) groups is 1. The van der Waals surface area contributed by atoms with Gasteiger partial charge in [0.15, 0.2) is 5.96 Å². The molecule has 3 atom stereocenters. The SMILES string of the molecule is CN=C(NC1CCN(CCCOC)CC1)NC1C2CCOC2C1(C)C.I. The zero-order valence-corrected chi connectivity index (χ0v) is 19.1. The van der Waals surface area contributed by atoms with E-state index in [1.807, 2.05) is 7.05 Å². The number of methoxy groups -OCH3 is 1. The van der Waals surface area contributed by atoms with E-state index < -0.39 is 0 Å². The number of ether oxygens (including phenoxy) is 2. The molecule has 26 heavy (non-hydrogen) atoms. The van der Waals surface area contributed by atoms with E-state index in [2.05, 4.69) is 34.4 Å². The highest BCUT2D eigenvalue weighted by atomic mass is 127. The highest BCUT2D eigenvalue weighted by molar-refractivity contribution is 14.0. The van der Waals surface area contributed by atoms with Crippen molar-refractivity contribution < 1.29 is 9.47 Å². The molecule has 3 fully saturated rings. The Balaban J connectivity index is 0.00000243. The molecule has 152 valence electrons. The minimum Gasteiger partial charge on any atom is -0.385 e. The highest BCUT2D eigenvalue weighted by Crippen LogP contribution is 2.52. The van der Waals surface area contributed by atoms with Crippen LogP contribution in [0.1, 0.15) is 39.5 Å². The minimum atomic E-state index is 0. The van der Waals surface area contributed by atoms with Crippen molar-refractivity contribution in [2.24, 2.45) is 16.3 Å². The highest BCUT2D eigenvalue weighted by Gasteiger charge is 2.59. The Hall–Kier alpha value is -0.120. The Labute approximate surface area is 175 Å². The third-order valence-corrected chi connectivity index (χ3v) is 6.37. The van der Waals surface area contributed by atoms with Crippen LogP contribution in [0.4, 0.5) is 0 Å². The van der Waals surface area contributed by atoms with Crippen LogP contribution < -0.4 is 10.6 Å². The number of hydrogen-bond donors (Lipinski definition) is 2. The van der Waals surface area contributed by atoms with Crippen LogP contribution in [0.3, 0.4) is 0 Å². The summed E-state index contributed by atoms with van der Waals surface area (Å²) in [5.74, 6) is 1.59. The molecule has 0 amide bonds. The molecule has 2 N–H and O–H groups in total. The fourth-order valence-corrected chi connectivity index (χ4v) is 4.86. The molecule has 1 saturated carbocycles. The van der Waals surface area contributed by atoms with Gasteiger partial charge >= 0.3 is 0 Å². The first-order valence-corrected chi connectivity index (χ1v) is 9.89. The lowest BCUT2D eigenvalue weighted by Gasteiger charge is -2.55. The van der Waals surface area contributed by atoms with Crippen molar-refractivity contribution >= 4 is 29.9 Å². The van der Waals surface area contributed by atoms with E-state index in [-0.39, 0.29) is 29.4 Å². The quantitative estimate of drug-likeness (QED) is 0.264. The van der Waals surface area contributed by atoms with Gasteiger partial charge in [-0.1, -0.05) is 13.8 Å². The number of fused-ring (bicyclic) bond motifs is 1. The van der Waals surface area contributed by atoms with Crippen molar-refractivity contribution in [3.63, 3.8) is 0 Å². The summed E-state index contributed by atoms with van der Waals surface area (Å²) in [7, 11) is 3.65. The number of guanidine groups is 1. The molecule has 0 bridgehead atoms. The molecule has 0 spiro atoms. The van der Waals surface area contributed by atoms with E-state index in [1.165, 1.54) is 19.3 Å². The predicted molar refractivity (Wildman–Crippen MR) is 116 cm³/mol. The molecule has 3 unspecified atom stereocenters. The smallest absolute Gasteiger partial charge is 0.191 e. The first-order chi connectivity index (χ1) is 12.1. The Bertz CT molecular complexity index is 466. The average Bonchev–Trinajstić information content (AvgIpc) is 3.07. The monoisotopic (exact) mass is 480 g/mol. The van der Waals surface area contributed by atoms with E-state index in [0.29, 0.717) is 24.1 Å². The van der Waals surface area contributed by atoms with Crippen molar-refractivity contribution in [2.75, 3.05) is 47.0 Å². The van der Waals surface area contributed by atoms with Crippen LogP contribution in [0.25, 0.3) is 0 Å². The van der Waals surface area contributed by atoms with E-state index in [1.54, 1.807) is 7.11 Å². The summed E-state index contributed by atoms with van der Waals surface area (Å²) in [6, 6.07) is 0.976. The summed E-state index contributed by atoms with van der Waals surface area (Å²) in [4.78, 5) is 7.03. The van der Waals surface area contributed by atoms with Gasteiger partial charge in [0.05, 0.1) is 6.10 Å². The fourth-order valence-electron chi connectivity index (χ4n) is 4.86. The predicted octanol–water partition coefficient (Wildman–Crippen LogP) is 2.08. The molecule has 0 aromatic heterocycles. The Kier molecular flexibility index (Phi) is 8.43. The van der Waals surface area contributed by atoms with Crippen molar-refractivity contribution in [3.8, 4) is 0 Å². The Morgan fingerprint density at radius 1 is 1.23 bits per heavy atom. The maximum absolute atomic E-state index is 5.90. The lowest BCUT2D eigenvalue weighted by atomic mass is 9.57. The molecule has 2 aliphatic heterocycles. The Morgan fingerprint density at radius 2 is 1.96 bits per heavy atom. The van der Waals surface area contributed by atoms with E-state index in [0.717, 1.165) is 45.2 Å². The van der Waals surface area contributed by atoms with Crippen molar-refractivity contribution in [2.45, 2.75) is 57.7 Å². The fraction of sp³-hybridized carbons (Fsp3) is 0.947. The summed E-state index contributed by atoms with van der Waals surface area (Å²) in [6.45, 7) is 9.85. The normalized spacial score (nSPS) is 31.7. The van der Waals surface area contributed by atoms with Gasteiger partial charge in [-0.15, -0.1) is 24.0 Å². The number of halogens is 1. The number of rotatable bonds is 6. The van der Waals surface area contributed by atoms with E-state index in [4.69, 9.17) is 9.47 Å². The summed E-state index contributed by atoms with van der Waals surface area (Å²) in [6.07, 6.45) is 5.06. The summed E-state index contributed by atoms with van der Waals surface area (Å²) >= 11 is 0. The van der Waals surface area contributed by atoms with Gasteiger partial charge in [-0.2, -0.15) is 0 Å². The minimum absolute atomic E-state index is 0. The molecule has 1 aliphatic carbocycles. The Morgan fingerprint density at radius 3 is 2.62 bits per heavy atom. The average molecular weight is 480 g/mol. The molecule has 2 saturated heterocycles. The summed E-state index contributed by atoms with van der Waals surface area (Å²) in [5, 5.41) is 7.35. The van der Waals surface area contributed by atoms with Crippen LogP contribution >= 0.6 is 24.0 Å². The lowest BCUT2D eigenvalue weighted by molar-refractivity contribution is -0.106. The van der Waals surface area contributed by atoms with Gasteiger partial charge in [-0.3, -0.25) is 4.99 Å². The second-order valence-electron chi connectivity index (χ2n) is 8.37. The molecule has 3 aliphatic rings. The summed E-state index contributed by atoms with van der Waals surface area (Å²) in [5.41, 5.74) is 0.184. The topological polar surface area (TPSA) is 58.1 Å². The molecule has 0 radical (unpaired) electrons. The first kappa shape index (κ1) is 22.2. The maximum atomic E-state index is 5.90. The van der Waals surface area contributed by atoms with Crippen LogP contribution in [0, 0.1) is 11.3 Å². The van der Waals surface area contributed by atoms with Gasteiger partial charge in [-0.25, -0.2) is 0 Å². The van der Waals surface area contributed by atoms with Crippen molar-refractivity contribution in [1.82, 2.24) is 15.5 Å². The molecule has 0 aromatic carbocycles. The molecule has 6 nitrogen and oxygen atoms in total. The van der Waals surface area contributed by atoms with E-state index in [9.17, 15) is 0 Å². The number of nitrogens with zero attached hydrogens (tertiary/aromatic N) is 2. The first-order valence-electron chi connectivity index (χ1n) is 9.89. The maximum Gasteiger partial charge on any atom is 0.191 e. The van der Waals surface area contributed by atoms with Crippen LogP contribution in [0.15, 0.2) is 4.99 Å². The van der Waals surface area contributed by atoms with Gasteiger partial charge in [0, 0.05) is 70.4 Å². The second-order valence-corrected chi connectivity index (χ2v) is 8.37. The van der Waals surface area contributed by atoms with Crippen LogP contribution in [-0.2, 0) is 9.47 Å². The van der Waals surface area contributed by atoms with Gasteiger partial charge in [0.2, 0.25) is 0 Å². The zero-order valence-electron chi connectivity index (χ0n) is 16.8. The van der Waals surface area contributed by atoms with Crippen molar-refractivity contribution in [1.29, 1.82) is 0 Å². The standard InChI is InChI=1S/C19H36N4O2.HI/c1-19(2)16(15-8-13-25-17(15)19)22-18(20-3)21-14-6-10-23(11-7-14)9-5-12-24-4;/h14-17H,5-13H2,1-4H3,(H2,20,21,22);1H. The van der Waals surface area contributed by atoms with Gasteiger partial charge < -0.3 is 25.0 Å². The van der Waals surface area contributed by atoms with Crippen LogP contribution in [0.5, 0.6) is 0 Å². The molecular formula is C19H37IN4O2. The van der Waals surface area contributed by atoms with Crippen molar-refractivity contribution in [3.05, 3.63) is 0 Å². The number of nitrogens with one attached hydrogen (secondary N) is 2. The largest absolute Gasteiger partial charge is 0.385 e.